The highest BCUT2D eigenvalue weighted by Gasteiger charge is 2.32. The lowest BCUT2D eigenvalue weighted by Gasteiger charge is -2.33. The monoisotopic (exact) mass is 414 g/mol. The Morgan fingerprint density at radius 2 is 2.07 bits per heavy atom. The minimum atomic E-state index is -0.905. The number of amides is 1. The molecule has 1 heterocycles. The Morgan fingerprint density at radius 3 is 2.72 bits per heavy atom. The van der Waals surface area contributed by atoms with Gasteiger partial charge in [-0.05, 0) is 48.3 Å². The summed E-state index contributed by atoms with van der Waals surface area (Å²) in [5.74, 6) is -1.65. The van der Waals surface area contributed by atoms with Crippen LogP contribution in [0.3, 0.4) is 0 Å². The number of hydrogen-bond donors (Lipinski definition) is 1. The molecule has 152 valence electrons. The van der Waals surface area contributed by atoms with Crippen LogP contribution in [-0.2, 0) is 22.4 Å². The van der Waals surface area contributed by atoms with Gasteiger partial charge in [-0.2, -0.15) is 5.26 Å². The molecule has 1 aromatic heterocycles. The van der Waals surface area contributed by atoms with Crippen LogP contribution in [0.5, 0.6) is 0 Å². The SMILES string of the molecule is CC(C)(C)[C@H]1CCc2c(sc(NC(=O)COC(=O)c3ccccc3F)c2C#N)C1. The van der Waals surface area contributed by atoms with Crippen molar-refractivity contribution in [2.24, 2.45) is 11.3 Å². The number of hydrogen-bond acceptors (Lipinski definition) is 5. The average Bonchev–Trinajstić information content (AvgIpc) is 3.01. The van der Waals surface area contributed by atoms with Crippen molar-refractivity contribution in [1.29, 1.82) is 5.26 Å². The summed E-state index contributed by atoms with van der Waals surface area (Å²) in [6.07, 6.45) is 2.71. The van der Waals surface area contributed by atoms with Crippen molar-refractivity contribution in [3.8, 4) is 6.07 Å². The summed E-state index contributed by atoms with van der Waals surface area (Å²) in [7, 11) is 0. The van der Waals surface area contributed by atoms with Crippen molar-refractivity contribution in [1.82, 2.24) is 0 Å². The number of anilines is 1. The highest BCUT2D eigenvalue weighted by Crippen LogP contribution is 2.43. The van der Waals surface area contributed by atoms with Gasteiger partial charge in [-0.1, -0.05) is 32.9 Å². The van der Waals surface area contributed by atoms with Gasteiger partial charge in [0, 0.05) is 4.88 Å². The molecule has 0 spiro atoms. The first-order chi connectivity index (χ1) is 13.7. The Balaban J connectivity index is 1.67. The van der Waals surface area contributed by atoms with Gasteiger partial charge in [-0.15, -0.1) is 11.3 Å². The molecule has 29 heavy (non-hydrogen) atoms. The number of nitrogens with one attached hydrogen (secondary N) is 1. The third-order valence-corrected chi connectivity index (χ3v) is 6.45. The predicted octanol–water partition coefficient (Wildman–Crippen LogP) is 4.71. The second kappa shape index (κ2) is 8.34. The first-order valence-corrected chi connectivity index (χ1v) is 10.3. The van der Waals surface area contributed by atoms with Crippen LogP contribution in [0.1, 0.15) is 53.6 Å². The van der Waals surface area contributed by atoms with E-state index in [0.717, 1.165) is 35.8 Å². The number of carbonyl (C=O) groups is 2. The predicted molar refractivity (Wildman–Crippen MR) is 109 cm³/mol. The normalized spacial score (nSPS) is 15.9. The van der Waals surface area contributed by atoms with E-state index in [0.29, 0.717) is 16.5 Å². The molecule has 0 bridgehead atoms. The van der Waals surface area contributed by atoms with E-state index < -0.39 is 24.3 Å². The van der Waals surface area contributed by atoms with E-state index in [1.165, 1.54) is 29.5 Å². The van der Waals surface area contributed by atoms with Crippen molar-refractivity contribution < 1.29 is 18.7 Å². The van der Waals surface area contributed by atoms with Gasteiger partial charge in [-0.3, -0.25) is 4.79 Å². The smallest absolute Gasteiger partial charge is 0.341 e. The number of ether oxygens (including phenoxy) is 1. The zero-order valence-corrected chi connectivity index (χ0v) is 17.5. The summed E-state index contributed by atoms with van der Waals surface area (Å²) < 4.78 is 18.5. The van der Waals surface area contributed by atoms with Crippen LogP contribution in [-0.4, -0.2) is 18.5 Å². The maximum Gasteiger partial charge on any atom is 0.341 e. The topological polar surface area (TPSA) is 79.2 Å². The molecular weight excluding hydrogens is 391 g/mol. The van der Waals surface area contributed by atoms with Gasteiger partial charge >= 0.3 is 5.97 Å². The van der Waals surface area contributed by atoms with Crippen LogP contribution < -0.4 is 5.32 Å². The number of nitrogens with zero attached hydrogens (tertiary/aromatic N) is 1. The number of nitriles is 1. The lowest BCUT2D eigenvalue weighted by molar-refractivity contribution is -0.119. The Kier molecular flexibility index (Phi) is 6.04. The first-order valence-electron chi connectivity index (χ1n) is 9.47. The molecule has 0 aliphatic heterocycles. The van der Waals surface area contributed by atoms with Crippen LogP contribution in [0, 0.1) is 28.5 Å². The van der Waals surface area contributed by atoms with Gasteiger partial charge in [-0.25, -0.2) is 9.18 Å². The molecule has 0 fully saturated rings. The largest absolute Gasteiger partial charge is 0.452 e. The van der Waals surface area contributed by atoms with Crippen molar-refractivity contribution in [3.05, 3.63) is 51.7 Å². The first kappa shape index (κ1) is 21.0. The fraction of sp³-hybridized carbons (Fsp3) is 0.409. The second-order valence-electron chi connectivity index (χ2n) is 8.23. The highest BCUT2D eigenvalue weighted by molar-refractivity contribution is 7.16. The molecule has 3 rings (SSSR count). The van der Waals surface area contributed by atoms with E-state index in [9.17, 15) is 19.2 Å². The summed E-state index contributed by atoms with van der Waals surface area (Å²) in [5, 5.41) is 12.7. The Labute approximate surface area is 173 Å². The minimum absolute atomic E-state index is 0.179. The number of halogens is 1. The van der Waals surface area contributed by atoms with E-state index in [-0.39, 0.29) is 11.0 Å². The fourth-order valence-electron chi connectivity index (χ4n) is 3.53. The zero-order chi connectivity index (χ0) is 21.2. The van der Waals surface area contributed by atoms with Gasteiger partial charge in [0.2, 0.25) is 0 Å². The van der Waals surface area contributed by atoms with Crippen molar-refractivity contribution in [2.45, 2.75) is 40.0 Å². The minimum Gasteiger partial charge on any atom is -0.452 e. The van der Waals surface area contributed by atoms with Gasteiger partial charge in [0.05, 0.1) is 11.1 Å². The quantitative estimate of drug-likeness (QED) is 0.735. The number of benzene rings is 1. The Morgan fingerprint density at radius 1 is 1.34 bits per heavy atom. The molecule has 1 atom stereocenters. The Bertz CT molecular complexity index is 985. The zero-order valence-electron chi connectivity index (χ0n) is 16.7. The molecule has 0 unspecified atom stereocenters. The van der Waals surface area contributed by atoms with E-state index in [1.54, 1.807) is 0 Å². The number of fused-ring (bicyclic) bond motifs is 1. The average molecular weight is 415 g/mol. The summed E-state index contributed by atoms with van der Waals surface area (Å²) in [6, 6.07) is 7.62. The third kappa shape index (κ3) is 4.65. The lowest BCUT2D eigenvalue weighted by Crippen LogP contribution is -2.26. The van der Waals surface area contributed by atoms with Crippen LogP contribution in [0.25, 0.3) is 0 Å². The standard InChI is InChI=1S/C22H23FN2O3S/c1-22(2,3)13-8-9-14-16(11-24)20(29-18(14)10-13)25-19(26)12-28-21(27)15-6-4-5-7-17(15)23/h4-7,13H,8-10,12H2,1-3H3,(H,25,26)/t13-/m0/s1. The van der Waals surface area contributed by atoms with E-state index in [1.807, 2.05) is 0 Å². The molecule has 0 saturated heterocycles. The van der Waals surface area contributed by atoms with Gasteiger partial charge in [0.25, 0.3) is 5.91 Å². The second-order valence-corrected chi connectivity index (χ2v) is 9.33. The molecule has 1 aliphatic carbocycles. The number of carbonyl (C=O) groups excluding carboxylic acids is 2. The molecule has 7 heteroatoms. The van der Waals surface area contributed by atoms with Crippen LogP contribution in [0.2, 0.25) is 0 Å². The van der Waals surface area contributed by atoms with E-state index in [4.69, 9.17) is 4.74 Å². The summed E-state index contributed by atoms with van der Waals surface area (Å²) in [5.41, 5.74) is 1.46. The summed E-state index contributed by atoms with van der Waals surface area (Å²) in [4.78, 5) is 25.3. The molecule has 1 aromatic carbocycles. The van der Waals surface area contributed by atoms with Gasteiger partial charge < -0.3 is 10.1 Å². The fourth-order valence-corrected chi connectivity index (χ4v) is 4.82. The molecule has 5 nitrogen and oxygen atoms in total. The molecule has 0 radical (unpaired) electrons. The maximum atomic E-state index is 13.6. The molecule has 2 aromatic rings. The molecule has 1 N–H and O–H groups in total. The molecule has 1 aliphatic rings. The summed E-state index contributed by atoms with van der Waals surface area (Å²) in [6.45, 7) is 6.10. The van der Waals surface area contributed by atoms with Gasteiger partial charge in [0.15, 0.2) is 6.61 Å². The van der Waals surface area contributed by atoms with Crippen LogP contribution in [0.15, 0.2) is 24.3 Å². The van der Waals surface area contributed by atoms with Crippen molar-refractivity contribution in [3.63, 3.8) is 0 Å². The molecule has 0 saturated carbocycles. The molecule has 1 amide bonds. The Hall–Kier alpha value is -2.72. The summed E-state index contributed by atoms with van der Waals surface area (Å²) >= 11 is 1.41. The number of rotatable bonds is 4. The maximum absolute atomic E-state index is 13.6. The van der Waals surface area contributed by atoms with Crippen LogP contribution >= 0.6 is 11.3 Å². The van der Waals surface area contributed by atoms with Crippen molar-refractivity contribution in [2.75, 3.05) is 11.9 Å². The number of thiophene rings is 1. The number of esters is 1. The van der Waals surface area contributed by atoms with E-state index >= 15 is 0 Å². The highest BCUT2D eigenvalue weighted by atomic mass is 32.1. The lowest BCUT2D eigenvalue weighted by atomic mass is 9.72. The van der Waals surface area contributed by atoms with E-state index in [2.05, 4.69) is 32.2 Å². The van der Waals surface area contributed by atoms with Gasteiger partial charge in [0.1, 0.15) is 16.9 Å². The third-order valence-electron chi connectivity index (χ3n) is 5.28. The van der Waals surface area contributed by atoms with Crippen molar-refractivity contribution >= 4 is 28.2 Å². The molecular formula is C22H23FN2O3S. The van der Waals surface area contributed by atoms with Crippen LogP contribution in [0.4, 0.5) is 9.39 Å².